The Hall–Kier alpha value is -1.14. The molecule has 9 nitrogen and oxygen atoms in total. The van der Waals surface area contributed by atoms with Crippen molar-refractivity contribution in [3.63, 3.8) is 0 Å². The van der Waals surface area contributed by atoms with Crippen molar-refractivity contribution in [2.45, 2.75) is 25.2 Å². The highest BCUT2D eigenvalue weighted by Crippen LogP contribution is 2.19. The van der Waals surface area contributed by atoms with Gasteiger partial charge in [-0.15, -0.1) is 0 Å². The molecule has 1 aliphatic rings. The highest BCUT2D eigenvalue weighted by Gasteiger charge is 2.17. The van der Waals surface area contributed by atoms with Gasteiger partial charge in [-0.1, -0.05) is 24.3 Å². The molecule has 0 amide bonds. The average Bonchev–Trinajstić information content (AvgIpc) is 2.80. The van der Waals surface area contributed by atoms with Gasteiger partial charge in [0.1, 0.15) is 0 Å². The minimum atomic E-state index is -0.774. The first-order valence-electron chi connectivity index (χ1n) is 11.4. The third-order valence-corrected chi connectivity index (χ3v) is 5.10. The third-order valence-electron chi connectivity index (χ3n) is 5.10. The van der Waals surface area contributed by atoms with E-state index in [1.165, 1.54) is 0 Å². The summed E-state index contributed by atoms with van der Waals surface area (Å²) in [5.41, 5.74) is 1.51. The van der Waals surface area contributed by atoms with Crippen molar-refractivity contribution in [1.82, 2.24) is 4.90 Å². The van der Waals surface area contributed by atoms with E-state index in [9.17, 15) is 10.2 Å². The number of hydrogen-bond donors (Lipinski definition) is 3. The Labute approximate surface area is 190 Å². The lowest BCUT2D eigenvalue weighted by Crippen LogP contribution is -2.38. The average molecular weight is 458 g/mol. The maximum atomic E-state index is 10.6. The normalized spacial score (nSPS) is 21.3. The fourth-order valence-electron chi connectivity index (χ4n) is 3.27. The Morgan fingerprint density at radius 2 is 1.12 bits per heavy atom. The van der Waals surface area contributed by atoms with Crippen LogP contribution in [0.2, 0.25) is 0 Å². The molecule has 1 saturated heterocycles. The molecule has 0 spiro atoms. The minimum absolute atomic E-state index is 0.0369. The Morgan fingerprint density at radius 3 is 1.56 bits per heavy atom. The summed E-state index contributed by atoms with van der Waals surface area (Å²) in [6, 6.07) is 7.10. The summed E-state index contributed by atoms with van der Waals surface area (Å²) in [5.74, 6) is 0. The lowest BCUT2D eigenvalue weighted by molar-refractivity contribution is -0.0223. The summed E-state index contributed by atoms with van der Waals surface area (Å²) in [5, 5.41) is 30.2. The zero-order valence-corrected chi connectivity index (χ0v) is 18.9. The molecule has 1 aromatic rings. The Balaban J connectivity index is 1.77. The first kappa shape index (κ1) is 27.1. The molecule has 0 radical (unpaired) electrons. The van der Waals surface area contributed by atoms with E-state index in [1.807, 2.05) is 0 Å². The van der Waals surface area contributed by atoms with Crippen molar-refractivity contribution < 1.29 is 39.0 Å². The van der Waals surface area contributed by atoms with E-state index < -0.39 is 12.2 Å². The molecular weight excluding hydrogens is 418 g/mol. The number of hydrogen-bond acceptors (Lipinski definition) is 9. The monoisotopic (exact) mass is 457 g/mol. The lowest BCUT2D eigenvalue weighted by Gasteiger charge is -2.26. The first-order valence-corrected chi connectivity index (χ1v) is 11.4. The number of benzene rings is 1. The summed E-state index contributed by atoms with van der Waals surface area (Å²) in [6.07, 6.45) is -1.25. The van der Waals surface area contributed by atoms with E-state index in [4.69, 9.17) is 28.8 Å². The fourth-order valence-corrected chi connectivity index (χ4v) is 3.27. The van der Waals surface area contributed by atoms with E-state index in [1.54, 1.807) is 24.3 Å². The smallest absolute Gasteiger partial charge is 0.0815 e. The van der Waals surface area contributed by atoms with Crippen LogP contribution in [0.1, 0.15) is 23.7 Å². The van der Waals surface area contributed by atoms with Gasteiger partial charge in [-0.25, -0.2) is 0 Å². The van der Waals surface area contributed by atoms with Crippen LogP contribution < -0.4 is 0 Å². The molecule has 184 valence electrons. The van der Waals surface area contributed by atoms with E-state index in [-0.39, 0.29) is 13.0 Å². The van der Waals surface area contributed by atoms with Crippen LogP contribution >= 0.6 is 0 Å². The molecule has 2 rings (SSSR count). The van der Waals surface area contributed by atoms with Crippen LogP contribution in [-0.4, -0.2) is 112 Å². The Bertz CT molecular complexity index is 556. The largest absolute Gasteiger partial charge is 0.392 e. The number of nitrogens with zero attached hydrogens (tertiary/aromatic N) is 1. The van der Waals surface area contributed by atoms with Gasteiger partial charge in [-0.2, -0.15) is 0 Å². The van der Waals surface area contributed by atoms with Crippen LogP contribution in [0.25, 0.3) is 0 Å². The highest BCUT2D eigenvalue weighted by molar-refractivity contribution is 5.23. The van der Waals surface area contributed by atoms with E-state index in [0.717, 1.165) is 11.1 Å². The summed E-state index contributed by atoms with van der Waals surface area (Å²) in [7, 11) is 0. The Morgan fingerprint density at radius 1 is 0.688 bits per heavy atom. The van der Waals surface area contributed by atoms with Crippen molar-refractivity contribution in [3.05, 3.63) is 35.4 Å². The van der Waals surface area contributed by atoms with Gasteiger partial charge in [0.25, 0.3) is 0 Å². The Kier molecular flexibility index (Phi) is 14.7. The first-order chi connectivity index (χ1) is 15.7. The van der Waals surface area contributed by atoms with Crippen LogP contribution in [0, 0.1) is 0 Å². The van der Waals surface area contributed by atoms with Gasteiger partial charge in [0.15, 0.2) is 0 Å². The SMILES string of the molecule is OCc1ccc(C(O)CC(O)CN2CCOCCOCCOCCOCCOCC2)cc1. The predicted octanol–water partition coefficient (Wildman–Crippen LogP) is 0.362. The molecule has 0 saturated carbocycles. The number of aliphatic hydroxyl groups excluding tert-OH is 3. The zero-order valence-electron chi connectivity index (χ0n) is 18.9. The van der Waals surface area contributed by atoms with Crippen molar-refractivity contribution >= 4 is 0 Å². The molecule has 1 fully saturated rings. The maximum Gasteiger partial charge on any atom is 0.0815 e. The second-order valence-electron chi connectivity index (χ2n) is 7.67. The van der Waals surface area contributed by atoms with Gasteiger partial charge in [0, 0.05) is 26.1 Å². The van der Waals surface area contributed by atoms with Crippen molar-refractivity contribution in [1.29, 1.82) is 0 Å². The van der Waals surface area contributed by atoms with Crippen LogP contribution in [0.3, 0.4) is 0 Å². The van der Waals surface area contributed by atoms with Gasteiger partial charge in [0.05, 0.1) is 84.9 Å². The van der Waals surface area contributed by atoms with Crippen LogP contribution in [0.4, 0.5) is 0 Å². The quantitative estimate of drug-likeness (QED) is 0.558. The summed E-state index contributed by atoms with van der Waals surface area (Å²) >= 11 is 0. The summed E-state index contributed by atoms with van der Waals surface area (Å²) < 4.78 is 27.6. The van der Waals surface area contributed by atoms with Gasteiger partial charge in [0.2, 0.25) is 0 Å². The van der Waals surface area contributed by atoms with Crippen molar-refractivity contribution in [2.75, 3.05) is 85.7 Å². The van der Waals surface area contributed by atoms with Crippen molar-refractivity contribution in [3.8, 4) is 0 Å². The molecule has 9 heteroatoms. The molecule has 32 heavy (non-hydrogen) atoms. The molecule has 0 bridgehead atoms. The third kappa shape index (κ3) is 12.2. The molecule has 2 atom stereocenters. The molecular formula is C23H39NO8. The fraction of sp³-hybridized carbons (Fsp3) is 0.739. The maximum absolute atomic E-state index is 10.6. The van der Waals surface area contributed by atoms with Crippen molar-refractivity contribution in [2.24, 2.45) is 0 Å². The van der Waals surface area contributed by atoms with Gasteiger partial charge >= 0.3 is 0 Å². The van der Waals surface area contributed by atoms with Crippen LogP contribution in [-0.2, 0) is 30.3 Å². The van der Waals surface area contributed by atoms with E-state index >= 15 is 0 Å². The molecule has 0 aromatic heterocycles. The van der Waals surface area contributed by atoms with Crippen LogP contribution in [0.5, 0.6) is 0 Å². The molecule has 1 aliphatic heterocycles. The van der Waals surface area contributed by atoms with Gasteiger partial charge in [-0.05, 0) is 11.1 Å². The molecule has 3 N–H and O–H groups in total. The standard InChI is InChI=1S/C23H39NO8/c25-19-20-1-3-21(4-2-20)23(27)17-22(26)18-24-5-7-28-9-11-30-13-15-32-16-14-31-12-10-29-8-6-24/h1-4,22-23,25-27H,5-19H2. The molecule has 1 heterocycles. The molecule has 2 unspecified atom stereocenters. The number of ether oxygens (including phenoxy) is 5. The van der Waals surface area contributed by atoms with Crippen LogP contribution in [0.15, 0.2) is 24.3 Å². The number of rotatable bonds is 6. The highest BCUT2D eigenvalue weighted by atomic mass is 16.6. The number of aliphatic hydroxyl groups is 3. The topological polar surface area (TPSA) is 110 Å². The van der Waals surface area contributed by atoms with E-state index in [2.05, 4.69) is 4.90 Å². The lowest BCUT2D eigenvalue weighted by atomic mass is 10.0. The number of β-amino-alcohol motifs (C(OH)–C–C–N with tert-alkyl or cyclic N) is 1. The van der Waals surface area contributed by atoms with E-state index in [0.29, 0.717) is 85.7 Å². The minimum Gasteiger partial charge on any atom is -0.392 e. The second kappa shape index (κ2) is 17.4. The summed E-state index contributed by atoms with van der Waals surface area (Å²) in [4.78, 5) is 2.07. The van der Waals surface area contributed by atoms with Gasteiger partial charge < -0.3 is 39.0 Å². The predicted molar refractivity (Wildman–Crippen MR) is 118 cm³/mol. The molecule has 1 aromatic carbocycles. The zero-order chi connectivity index (χ0) is 22.9. The molecule has 0 aliphatic carbocycles. The second-order valence-corrected chi connectivity index (χ2v) is 7.67. The summed E-state index contributed by atoms with van der Waals surface area (Å²) in [6.45, 7) is 6.80. The van der Waals surface area contributed by atoms with Gasteiger partial charge in [-0.3, -0.25) is 4.90 Å².